The highest BCUT2D eigenvalue weighted by Gasteiger charge is 2.26. The van der Waals surface area contributed by atoms with Gasteiger partial charge in [-0.1, -0.05) is 11.2 Å². The Morgan fingerprint density at radius 1 is 1.21 bits per heavy atom. The van der Waals surface area contributed by atoms with Crippen LogP contribution in [-0.4, -0.2) is 39.6 Å². The number of rotatable bonds is 7. The van der Waals surface area contributed by atoms with Crippen LogP contribution >= 0.6 is 0 Å². The first kappa shape index (κ1) is 22.8. The van der Waals surface area contributed by atoms with Crippen LogP contribution in [0, 0.1) is 12.7 Å². The minimum atomic E-state index is -0.637. The SMILES string of the molecule is COc1cc(CNC(=O)c2cc(C3=NOC(c4ccnc(C(N)=O)c4)C3)nc(C)n2)ccc1F. The minimum absolute atomic E-state index is 0.0952. The fourth-order valence-electron chi connectivity index (χ4n) is 3.41. The molecule has 0 aliphatic carbocycles. The second-order valence-electron chi connectivity index (χ2n) is 7.51. The highest BCUT2D eigenvalue weighted by molar-refractivity contribution is 6.02. The van der Waals surface area contributed by atoms with Crippen LogP contribution < -0.4 is 15.8 Å². The van der Waals surface area contributed by atoms with Gasteiger partial charge in [0.2, 0.25) is 0 Å². The first-order chi connectivity index (χ1) is 16.3. The summed E-state index contributed by atoms with van der Waals surface area (Å²) in [7, 11) is 1.37. The molecule has 0 bridgehead atoms. The Morgan fingerprint density at radius 3 is 2.79 bits per heavy atom. The lowest BCUT2D eigenvalue weighted by Crippen LogP contribution is -2.25. The summed E-state index contributed by atoms with van der Waals surface area (Å²) in [4.78, 5) is 42.1. The number of aromatic nitrogens is 3. The van der Waals surface area contributed by atoms with Crippen molar-refractivity contribution in [3.63, 3.8) is 0 Å². The quantitative estimate of drug-likeness (QED) is 0.546. The normalized spacial score (nSPS) is 14.8. The number of benzene rings is 1. The molecule has 0 fully saturated rings. The van der Waals surface area contributed by atoms with Crippen LogP contribution in [0.2, 0.25) is 0 Å². The van der Waals surface area contributed by atoms with Crippen molar-refractivity contribution in [1.82, 2.24) is 20.3 Å². The number of halogens is 1. The van der Waals surface area contributed by atoms with Crippen LogP contribution in [0.1, 0.15) is 56.1 Å². The molecule has 174 valence electrons. The molecule has 3 N–H and O–H groups in total. The third kappa shape index (κ3) is 4.98. The number of nitrogens with one attached hydrogen (secondary N) is 1. The summed E-state index contributed by atoms with van der Waals surface area (Å²) in [6.45, 7) is 1.82. The lowest BCUT2D eigenvalue weighted by atomic mass is 10.0. The summed E-state index contributed by atoms with van der Waals surface area (Å²) >= 11 is 0. The average Bonchev–Trinajstić information content (AvgIpc) is 3.33. The smallest absolute Gasteiger partial charge is 0.270 e. The van der Waals surface area contributed by atoms with E-state index in [0.29, 0.717) is 34.8 Å². The van der Waals surface area contributed by atoms with E-state index in [1.54, 1.807) is 25.1 Å². The van der Waals surface area contributed by atoms with Crippen molar-refractivity contribution in [1.29, 1.82) is 0 Å². The number of primary amides is 1. The Bertz CT molecular complexity index is 1300. The maximum Gasteiger partial charge on any atom is 0.270 e. The molecule has 1 aromatic carbocycles. The first-order valence-electron chi connectivity index (χ1n) is 10.3. The van der Waals surface area contributed by atoms with Crippen molar-refractivity contribution in [3.05, 3.63) is 82.4 Å². The van der Waals surface area contributed by atoms with Gasteiger partial charge < -0.3 is 20.6 Å². The minimum Gasteiger partial charge on any atom is -0.494 e. The van der Waals surface area contributed by atoms with Crippen LogP contribution in [0.3, 0.4) is 0 Å². The molecule has 0 saturated heterocycles. The predicted molar refractivity (Wildman–Crippen MR) is 119 cm³/mol. The van der Waals surface area contributed by atoms with Crippen molar-refractivity contribution in [3.8, 4) is 5.75 Å². The zero-order valence-electron chi connectivity index (χ0n) is 18.4. The molecule has 2 aromatic heterocycles. The molecular weight excluding hydrogens is 443 g/mol. The molecule has 3 aromatic rings. The molecule has 0 spiro atoms. The maximum absolute atomic E-state index is 13.6. The maximum atomic E-state index is 13.6. The van der Waals surface area contributed by atoms with Gasteiger partial charge in [0.15, 0.2) is 17.7 Å². The molecule has 11 heteroatoms. The highest BCUT2D eigenvalue weighted by atomic mass is 19.1. The molecule has 0 radical (unpaired) electrons. The third-order valence-electron chi connectivity index (χ3n) is 5.11. The third-order valence-corrected chi connectivity index (χ3v) is 5.11. The van der Waals surface area contributed by atoms with Gasteiger partial charge in [-0.05, 0) is 48.4 Å². The van der Waals surface area contributed by atoms with Crippen LogP contribution in [0.5, 0.6) is 5.75 Å². The van der Waals surface area contributed by atoms with E-state index in [1.165, 1.54) is 31.5 Å². The number of hydrogen-bond acceptors (Lipinski definition) is 8. The van der Waals surface area contributed by atoms with Gasteiger partial charge >= 0.3 is 0 Å². The van der Waals surface area contributed by atoms with Crippen LogP contribution in [0.15, 0.2) is 47.8 Å². The van der Waals surface area contributed by atoms with Crippen LogP contribution in [-0.2, 0) is 11.4 Å². The number of carbonyl (C=O) groups excluding carboxylic acids is 2. The molecular formula is C23H21FN6O4. The summed E-state index contributed by atoms with van der Waals surface area (Å²) < 4.78 is 18.6. The Labute approximate surface area is 194 Å². The molecule has 3 heterocycles. The topological polar surface area (TPSA) is 142 Å². The monoisotopic (exact) mass is 464 g/mol. The molecule has 1 unspecified atom stereocenters. The summed E-state index contributed by atoms with van der Waals surface area (Å²) in [5.74, 6) is -1.06. The fraction of sp³-hybridized carbons (Fsp3) is 0.217. The number of nitrogens with zero attached hydrogens (tertiary/aromatic N) is 4. The van der Waals surface area contributed by atoms with Crippen molar-refractivity contribution in [2.75, 3.05) is 7.11 Å². The van der Waals surface area contributed by atoms with E-state index < -0.39 is 23.7 Å². The Kier molecular flexibility index (Phi) is 6.44. The van der Waals surface area contributed by atoms with Gasteiger partial charge in [-0.15, -0.1) is 0 Å². The number of nitrogens with two attached hydrogens (primary N) is 1. The highest BCUT2D eigenvalue weighted by Crippen LogP contribution is 2.29. The van der Waals surface area contributed by atoms with Crippen molar-refractivity contribution < 1.29 is 23.6 Å². The summed E-state index contributed by atoms with van der Waals surface area (Å²) in [5, 5.41) is 6.86. The van der Waals surface area contributed by atoms with Gasteiger partial charge in [0, 0.05) is 19.2 Å². The van der Waals surface area contributed by atoms with Gasteiger partial charge in [-0.3, -0.25) is 14.6 Å². The van der Waals surface area contributed by atoms with Crippen molar-refractivity contribution in [2.24, 2.45) is 10.9 Å². The van der Waals surface area contributed by atoms with Crippen molar-refractivity contribution >= 4 is 17.5 Å². The standard InChI is InChI=1S/C23H21FN6O4/c1-12-28-16(17-10-20(34-30-17)14-5-6-26-18(8-14)22(25)31)9-19(29-12)23(32)27-11-13-3-4-15(24)21(7-13)33-2/h3-9,20H,10-11H2,1-2H3,(H2,25,31)(H,27,32). The Balaban J connectivity index is 1.46. The molecule has 1 atom stereocenters. The molecule has 1 aliphatic heterocycles. The van der Waals surface area contributed by atoms with Gasteiger partial charge in [0.25, 0.3) is 11.8 Å². The summed E-state index contributed by atoms with van der Waals surface area (Å²) in [6.07, 6.45) is 1.40. The van der Waals surface area contributed by atoms with Crippen LogP contribution in [0.25, 0.3) is 0 Å². The second-order valence-corrected chi connectivity index (χ2v) is 7.51. The van der Waals surface area contributed by atoms with Gasteiger partial charge in [-0.25, -0.2) is 14.4 Å². The number of methoxy groups -OCH3 is 1. The molecule has 4 rings (SSSR count). The van der Waals surface area contributed by atoms with E-state index in [-0.39, 0.29) is 23.7 Å². The van der Waals surface area contributed by atoms with E-state index in [4.69, 9.17) is 15.3 Å². The molecule has 1 aliphatic rings. The zero-order chi connectivity index (χ0) is 24.2. The van der Waals surface area contributed by atoms with E-state index in [2.05, 4.69) is 25.4 Å². The Hall–Kier alpha value is -4.41. The van der Waals surface area contributed by atoms with Gasteiger partial charge in [0.05, 0.1) is 12.8 Å². The number of oxime groups is 1. The number of aryl methyl sites for hydroxylation is 1. The first-order valence-corrected chi connectivity index (χ1v) is 10.3. The van der Waals surface area contributed by atoms with Crippen molar-refractivity contribution in [2.45, 2.75) is 26.0 Å². The number of carbonyl (C=O) groups is 2. The van der Waals surface area contributed by atoms with Gasteiger partial charge in [0.1, 0.15) is 22.9 Å². The zero-order valence-corrected chi connectivity index (χ0v) is 18.4. The molecule has 10 nitrogen and oxygen atoms in total. The molecule has 0 saturated carbocycles. The lowest BCUT2D eigenvalue weighted by molar-refractivity contribution is 0.0854. The largest absolute Gasteiger partial charge is 0.494 e. The number of amides is 2. The van der Waals surface area contributed by atoms with E-state index in [9.17, 15) is 14.0 Å². The van der Waals surface area contributed by atoms with E-state index in [1.807, 2.05) is 0 Å². The van der Waals surface area contributed by atoms with Crippen LogP contribution in [0.4, 0.5) is 4.39 Å². The Morgan fingerprint density at radius 2 is 2.03 bits per heavy atom. The number of ether oxygens (including phenoxy) is 1. The fourth-order valence-corrected chi connectivity index (χ4v) is 3.41. The number of hydrogen-bond donors (Lipinski definition) is 2. The average molecular weight is 464 g/mol. The predicted octanol–water partition coefficient (Wildman–Crippen LogP) is 2.22. The second kappa shape index (κ2) is 9.61. The summed E-state index contributed by atoms with van der Waals surface area (Å²) in [5.41, 5.74) is 7.93. The molecule has 34 heavy (non-hydrogen) atoms. The van der Waals surface area contributed by atoms with Gasteiger partial charge in [-0.2, -0.15) is 0 Å². The van der Waals surface area contributed by atoms with E-state index >= 15 is 0 Å². The van der Waals surface area contributed by atoms with E-state index in [0.717, 1.165) is 0 Å². The molecule has 2 amide bonds. The lowest BCUT2D eigenvalue weighted by Gasteiger charge is -2.09. The summed E-state index contributed by atoms with van der Waals surface area (Å²) in [6, 6.07) is 9.14. The number of pyridine rings is 1.